The Morgan fingerprint density at radius 1 is 1.56 bits per heavy atom. The first-order valence-electron chi connectivity index (χ1n) is 5.25. The Morgan fingerprint density at radius 2 is 2.25 bits per heavy atom. The molecule has 1 N–H and O–H groups in total. The summed E-state index contributed by atoms with van der Waals surface area (Å²) in [5, 5.41) is 9.23. The molecule has 1 atom stereocenters. The molecule has 1 aromatic heterocycles. The lowest BCUT2D eigenvalue weighted by atomic mass is 10.0. The average Bonchev–Trinajstić information content (AvgIpc) is 2.26. The fraction of sp³-hybridized carbons (Fsp3) is 0.500. The summed E-state index contributed by atoms with van der Waals surface area (Å²) >= 11 is 0. The van der Waals surface area contributed by atoms with E-state index < -0.39 is 11.6 Å². The van der Waals surface area contributed by atoms with Gasteiger partial charge in [0, 0.05) is 6.20 Å². The molecule has 0 amide bonds. The Morgan fingerprint density at radius 3 is 2.69 bits per heavy atom. The highest BCUT2D eigenvalue weighted by molar-refractivity contribution is 5.78. The number of rotatable bonds is 5. The maximum atomic E-state index is 11.3. The first kappa shape index (κ1) is 12.6. The highest BCUT2D eigenvalue weighted by atomic mass is 16.5. The third kappa shape index (κ3) is 2.79. The van der Waals surface area contributed by atoms with E-state index in [0.29, 0.717) is 12.3 Å². The Bertz CT molecular complexity index is 351. The lowest BCUT2D eigenvalue weighted by Crippen LogP contribution is -2.37. The molecule has 0 fully saturated rings. The zero-order chi connectivity index (χ0) is 12.2. The van der Waals surface area contributed by atoms with Gasteiger partial charge < -0.3 is 9.84 Å². The molecule has 0 spiro atoms. The summed E-state index contributed by atoms with van der Waals surface area (Å²) in [5.41, 5.74) is -0.950. The zero-order valence-electron chi connectivity index (χ0n) is 9.80. The first-order chi connectivity index (χ1) is 7.47. The average molecular weight is 223 g/mol. The number of ether oxygens (including phenoxy) is 1. The summed E-state index contributed by atoms with van der Waals surface area (Å²) in [6.45, 7) is 5.86. The molecule has 88 valence electrons. The molecule has 4 nitrogen and oxygen atoms in total. The molecule has 0 aromatic carbocycles. The van der Waals surface area contributed by atoms with Gasteiger partial charge in [0.25, 0.3) is 0 Å². The molecule has 0 aliphatic carbocycles. The van der Waals surface area contributed by atoms with Gasteiger partial charge in [-0.05, 0) is 25.0 Å². The van der Waals surface area contributed by atoms with Crippen molar-refractivity contribution in [2.24, 2.45) is 5.92 Å². The van der Waals surface area contributed by atoms with Crippen LogP contribution >= 0.6 is 0 Å². The van der Waals surface area contributed by atoms with E-state index in [2.05, 4.69) is 4.98 Å². The number of hydrogen-bond acceptors (Lipinski definition) is 3. The number of pyridine rings is 1. The van der Waals surface area contributed by atoms with E-state index in [1.807, 2.05) is 13.8 Å². The Kier molecular flexibility index (Phi) is 4.01. The predicted octanol–water partition coefficient (Wildman–Crippen LogP) is 2.05. The van der Waals surface area contributed by atoms with Crippen molar-refractivity contribution in [3.63, 3.8) is 0 Å². The number of carboxylic acids is 1. The number of aromatic nitrogens is 1. The van der Waals surface area contributed by atoms with E-state index in [4.69, 9.17) is 4.74 Å². The van der Waals surface area contributed by atoms with Crippen LogP contribution in [-0.4, -0.2) is 22.7 Å². The lowest BCUT2D eigenvalue weighted by Gasteiger charge is -2.25. The predicted molar refractivity (Wildman–Crippen MR) is 60.0 cm³/mol. The standard InChI is InChI=1S/C12H17NO3/c1-9(2)8-16-12(3,11(14)15)10-6-4-5-7-13-10/h4-7,9H,8H2,1-3H3,(H,14,15). The van der Waals surface area contributed by atoms with Crippen LogP contribution in [0.1, 0.15) is 26.5 Å². The van der Waals surface area contributed by atoms with Gasteiger partial charge in [-0.25, -0.2) is 4.79 Å². The van der Waals surface area contributed by atoms with Crippen molar-refractivity contribution in [1.82, 2.24) is 4.98 Å². The Balaban J connectivity index is 2.93. The third-order valence-electron chi connectivity index (χ3n) is 2.27. The smallest absolute Gasteiger partial charge is 0.342 e. The van der Waals surface area contributed by atoms with Gasteiger partial charge >= 0.3 is 5.97 Å². The summed E-state index contributed by atoms with van der Waals surface area (Å²) in [6, 6.07) is 5.16. The highest BCUT2D eigenvalue weighted by Crippen LogP contribution is 2.24. The number of aliphatic carboxylic acids is 1. The molecule has 4 heteroatoms. The Hall–Kier alpha value is -1.42. The van der Waals surface area contributed by atoms with Crippen LogP contribution in [0.2, 0.25) is 0 Å². The van der Waals surface area contributed by atoms with E-state index in [-0.39, 0.29) is 5.92 Å². The summed E-state index contributed by atoms with van der Waals surface area (Å²) in [5.74, 6) is -0.741. The second-order valence-electron chi connectivity index (χ2n) is 4.26. The maximum Gasteiger partial charge on any atom is 0.342 e. The van der Waals surface area contributed by atoms with Gasteiger partial charge in [0.05, 0.1) is 12.3 Å². The van der Waals surface area contributed by atoms with E-state index in [9.17, 15) is 9.90 Å². The number of carboxylic acid groups (broad SMARTS) is 1. The number of hydrogen-bond donors (Lipinski definition) is 1. The van der Waals surface area contributed by atoms with Crippen LogP contribution in [-0.2, 0) is 15.1 Å². The zero-order valence-corrected chi connectivity index (χ0v) is 9.80. The SMILES string of the molecule is CC(C)COC(C)(C(=O)O)c1ccccn1. The van der Waals surface area contributed by atoms with Gasteiger partial charge in [-0.15, -0.1) is 0 Å². The minimum absolute atomic E-state index is 0.280. The van der Waals surface area contributed by atoms with Crippen molar-refractivity contribution < 1.29 is 14.6 Å². The quantitative estimate of drug-likeness (QED) is 0.830. The van der Waals surface area contributed by atoms with Crippen molar-refractivity contribution in [2.45, 2.75) is 26.4 Å². The largest absolute Gasteiger partial charge is 0.479 e. The minimum Gasteiger partial charge on any atom is -0.479 e. The van der Waals surface area contributed by atoms with E-state index in [0.717, 1.165) is 0 Å². The van der Waals surface area contributed by atoms with Crippen molar-refractivity contribution in [3.05, 3.63) is 30.1 Å². The van der Waals surface area contributed by atoms with Crippen LogP contribution in [0.15, 0.2) is 24.4 Å². The topological polar surface area (TPSA) is 59.4 Å². The van der Waals surface area contributed by atoms with Gasteiger partial charge in [0.2, 0.25) is 5.60 Å². The van der Waals surface area contributed by atoms with Crippen molar-refractivity contribution in [3.8, 4) is 0 Å². The highest BCUT2D eigenvalue weighted by Gasteiger charge is 2.37. The van der Waals surface area contributed by atoms with Gasteiger partial charge in [-0.2, -0.15) is 0 Å². The van der Waals surface area contributed by atoms with E-state index in [1.165, 1.54) is 6.92 Å². The van der Waals surface area contributed by atoms with Crippen LogP contribution < -0.4 is 0 Å². The monoisotopic (exact) mass is 223 g/mol. The van der Waals surface area contributed by atoms with Gasteiger partial charge in [-0.1, -0.05) is 19.9 Å². The second-order valence-corrected chi connectivity index (χ2v) is 4.26. The van der Waals surface area contributed by atoms with Crippen LogP contribution in [0.4, 0.5) is 0 Å². The summed E-state index contributed by atoms with van der Waals surface area (Å²) in [7, 11) is 0. The first-order valence-corrected chi connectivity index (χ1v) is 5.25. The molecule has 0 saturated heterocycles. The van der Waals surface area contributed by atoms with Crippen molar-refractivity contribution in [2.75, 3.05) is 6.61 Å². The Labute approximate surface area is 95.3 Å². The molecule has 1 heterocycles. The fourth-order valence-electron chi connectivity index (χ4n) is 1.22. The maximum absolute atomic E-state index is 11.3. The molecule has 0 bridgehead atoms. The molecule has 1 aromatic rings. The van der Waals surface area contributed by atoms with Crippen molar-refractivity contribution in [1.29, 1.82) is 0 Å². The number of nitrogens with zero attached hydrogens (tertiary/aromatic N) is 1. The van der Waals surface area contributed by atoms with Crippen LogP contribution in [0, 0.1) is 5.92 Å². The van der Waals surface area contributed by atoms with Crippen LogP contribution in [0.3, 0.4) is 0 Å². The molecule has 0 saturated carbocycles. The molecule has 16 heavy (non-hydrogen) atoms. The molecule has 0 aliphatic heterocycles. The summed E-state index contributed by atoms with van der Waals surface area (Å²) in [6.07, 6.45) is 1.56. The molecule has 0 aliphatic rings. The van der Waals surface area contributed by atoms with E-state index >= 15 is 0 Å². The van der Waals surface area contributed by atoms with E-state index in [1.54, 1.807) is 24.4 Å². The van der Waals surface area contributed by atoms with Crippen molar-refractivity contribution >= 4 is 5.97 Å². The molecule has 0 radical (unpaired) electrons. The van der Waals surface area contributed by atoms with Gasteiger partial charge in [-0.3, -0.25) is 4.98 Å². The second kappa shape index (κ2) is 5.07. The molecular weight excluding hydrogens is 206 g/mol. The van der Waals surface area contributed by atoms with Gasteiger partial charge in [0.1, 0.15) is 0 Å². The molecule has 1 rings (SSSR count). The fourth-order valence-corrected chi connectivity index (χ4v) is 1.22. The van der Waals surface area contributed by atoms with Gasteiger partial charge in [0.15, 0.2) is 0 Å². The third-order valence-corrected chi connectivity index (χ3v) is 2.27. The van der Waals surface area contributed by atoms with Crippen LogP contribution in [0.25, 0.3) is 0 Å². The normalized spacial score (nSPS) is 14.8. The molecule has 1 unspecified atom stereocenters. The lowest BCUT2D eigenvalue weighted by molar-refractivity contribution is -0.167. The number of carbonyl (C=O) groups is 1. The van der Waals surface area contributed by atoms with Crippen LogP contribution in [0.5, 0.6) is 0 Å². The molecular formula is C12H17NO3. The minimum atomic E-state index is -1.37. The summed E-state index contributed by atoms with van der Waals surface area (Å²) < 4.78 is 5.48. The summed E-state index contributed by atoms with van der Waals surface area (Å²) in [4.78, 5) is 15.3.